The van der Waals surface area contributed by atoms with Gasteiger partial charge < -0.3 is 10.4 Å². The molecule has 1 aromatic heterocycles. The molecule has 2 rings (SSSR count). The van der Waals surface area contributed by atoms with Crippen molar-refractivity contribution in [2.75, 3.05) is 6.54 Å². The topological polar surface area (TPSA) is 110 Å². The summed E-state index contributed by atoms with van der Waals surface area (Å²) in [4.78, 5) is 22.5. The van der Waals surface area contributed by atoms with Gasteiger partial charge in [0.15, 0.2) is 0 Å². The molecule has 8 heteroatoms. The van der Waals surface area contributed by atoms with Crippen molar-refractivity contribution in [2.45, 2.75) is 19.4 Å². The van der Waals surface area contributed by atoms with Gasteiger partial charge in [-0.15, -0.1) is 0 Å². The molecule has 8 nitrogen and oxygen atoms in total. The second kappa shape index (κ2) is 6.17. The molecule has 0 aliphatic heterocycles. The molecule has 1 amide bonds. The van der Waals surface area contributed by atoms with Crippen LogP contribution in [0.25, 0.3) is 0 Å². The first kappa shape index (κ1) is 16.6. The number of nitrogens with one attached hydrogen (secondary N) is 1. The number of nitrogens with zero attached hydrogens (tertiary/aromatic N) is 3. The Morgan fingerprint density at radius 1 is 1.52 bits per heavy atom. The third-order valence-electron chi connectivity index (χ3n) is 3.60. The van der Waals surface area contributed by atoms with Crippen LogP contribution in [0.4, 0.5) is 5.69 Å². The smallest absolute Gasteiger partial charge is 0.270 e. The fourth-order valence-electron chi connectivity index (χ4n) is 2.12. The summed E-state index contributed by atoms with van der Waals surface area (Å²) in [6.45, 7) is 3.21. The number of amides is 1. The Morgan fingerprint density at radius 3 is 2.78 bits per heavy atom. The zero-order valence-corrected chi connectivity index (χ0v) is 13.1. The summed E-state index contributed by atoms with van der Waals surface area (Å²) in [5.41, 5.74) is -0.0513. The van der Waals surface area contributed by atoms with E-state index in [0.717, 1.165) is 0 Å². The summed E-state index contributed by atoms with van der Waals surface area (Å²) in [6, 6.07) is 4.09. The van der Waals surface area contributed by atoms with Crippen molar-refractivity contribution >= 4 is 11.6 Å². The molecule has 2 aromatic rings. The maximum atomic E-state index is 12.3. The Morgan fingerprint density at radius 2 is 2.22 bits per heavy atom. The van der Waals surface area contributed by atoms with Crippen molar-refractivity contribution in [3.63, 3.8) is 0 Å². The highest BCUT2D eigenvalue weighted by atomic mass is 16.6. The molecule has 0 aliphatic rings. The van der Waals surface area contributed by atoms with Crippen LogP contribution < -0.4 is 5.32 Å². The number of benzene rings is 1. The van der Waals surface area contributed by atoms with Crippen LogP contribution in [0.1, 0.15) is 28.4 Å². The largest absolute Gasteiger partial charge is 0.383 e. The average Bonchev–Trinajstić information content (AvgIpc) is 2.92. The number of carbonyl (C=O) groups is 1. The maximum absolute atomic E-state index is 12.3. The van der Waals surface area contributed by atoms with Crippen molar-refractivity contribution in [2.24, 2.45) is 7.05 Å². The molecule has 0 saturated heterocycles. The molecule has 0 fully saturated rings. The monoisotopic (exact) mass is 318 g/mol. The normalized spacial score (nSPS) is 13.4. The van der Waals surface area contributed by atoms with Crippen molar-refractivity contribution in [3.05, 3.63) is 57.4 Å². The fourth-order valence-corrected chi connectivity index (χ4v) is 2.12. The third-order valence-corrected chi connectivity index (χ3v) is 3.60. The highest BCUT2D eigenvalue weighted by Crippen LogP contribution is 2.20. The summed E-state index contributed by atoms with van der Waals surface area (Å²) in [5, 5.41) is 27.8. The summed E-state index contributed by atoms with van der Waals surface area (Å²) in [6.07, 6.45) is 3.18. The van der Waals surface area contributed by atoms with E-state index < -0.39 is 16.4 Å². The van der Waals surface area contributed by atoms with Gasteiger partial charge in [0.1, 0.15) is 5.60 Å². The summed E-state index contributed by atoms with van der Waals surface area (Å²) in [5.74, 6) is -0.477. The van der Waals surface area contributed by atoms with Gasteiger partial charge in [0.05, 0.1) is 17.7 Å². The molecule has 0 spiro atoms. The first-order chi connectivity index (χ1) is 10.7. The highest BCUT2D eigenvalue weighted by Gasteiger charge is 2.26. The van der Waals surface area contributed by atoms with E-state index in [2.05, 4.69) is 10.4 Å². The first-order valence-electron chi connectivity index (χ1n) is 6.95. The zero-order chi connectivity index (χ0) is 17.2. The Balaban J connectivity index is 2.13. The van der Waals surface area contributed by atoms with Crippen LogP contribution in [0.15, 0.2) is 30.6 Å². The number of aryl methyl sites for hydroxylation is 2. The van der Waals surface area contributed by atoms with Gasteiger partial charge in [0.25, 0.3) is 11.6 Å². The minimum Gasteiger partial charge on any atom is -0.383 e. The Labute approximate surface area is 132 Å². The van der Waals surface area contributed by atoms with Gasteiger partial charge >= 0.3 is 0 Å². The SMILES string of the molecule is Cc1ccc([N+](=O)[O-])cc1C(=O)NCC(C)(O)c1cnn(C)c1. The van der Waals surface area contributed by atoms with Crippen LogP contribution in [0.2, 0.25) is 0 Å². The number of nitro benzene ring substituents is 1. The van der Waals surface area contributed by atoms with E-state index in [0.29, 0.717) is 11.1 Å². The molecule has 23 heavy (non-hydrogen) atoms. The van der Waals surface area contributed by atoms with Crippen LogP contribution in [-0.2, 0) is 12.6 Å². The lowest BCUT2D eigenvalue weighted by molar-refractivity contribution is -0.384. The lowest BCUT2D eigenvalue weighted by atomic mass is 9.99. The van der Waals surface area contributed by atoms with Crippen LogP contribution >= 0.6 is 0 Å². The molecule has 1 aromatic carbocycles. The Hall–Kier alpha value is -2.74. The van der Waals surface area contributed by atoms with Crippen LogP contribution in [0, 0.1) is 17.0 Å². The number of carbonyl (C=O) groups excluding carboxylic acids is 1. The number of aromatic nitrogens is 2. The molecule has 1 atom stereocenters. The zero-order valence-electron chi connectivity index (χ0n) is 13.1. The lowest BCUT2D eigenvalue weighted by Crippen LogP contribution is -2.38. The minimum absolute atomic E-state index is 0.0420. The number of rotatable bonds is 5. The van der Waals surface area contributed by atoms with Crippen LogP contribution in [0.5, 0.6) is 0 Å². The quantitative estimate of drug-likeness (QED) is 0.637. The number of aliphatic hydroxyl groups is 1. The summed E-state index contributed by atoms with van der Waals surface area (Å²) in [7, 11) is 1.73. The molecule has 1 unspecified atom stereocenters. The molecule has 0 aliphatic carbocycles. The molecule has 122 valence electrons. The number of nitro groups is 1. The highest BCUT2D eigenvalue weighted by molar-refractivity contribution is 5.96. The van der Waals surface area contributed by atoms with E-state index in [1.807, 2.05) is 0 Å². The van der Waals surface area contributed by atoms with E-state index in [1.165, 1.54) is 24.4 Å². The van der Waals surface area contributed by atoms with Gasteiger partial charge in [-0.2, -0.15) is 5.10 Å². The standard InChI is InChI=1S/C15H18N4O4/c1-10-4-5-12(19(22)23)6-13(10)14(20)16-9-15(2,21)11-7-17-18(3)8-11/h4-8,21H,9H2,1-3H3,(H,16,20). The van der Waals surface area contributed by atoms with Gasteiger partial charge in [0, 0.05) is 36.5 Å². The van der Waals surface area contributed by atoms with Crippen molar-refractivity contribution < 1.29 is 14.8 Å². The van der Waals surface area contributed by atoms with E-state index >= 15 is 0 Å². The summed E-state index contributed by atoms with van der Waals surface area (Å²) < 4.78 is 1.55. The second-order valence-corrected chi connectivity index (χ2v) is 5.62. The van der Waals surface area contributed by atoms with Crippen molar-refractivity contribution in [1.82, 2.24) is 15.1 Å². The first-order valence-corrected chi connectivity index (χ1v) is 6.95. The van der Waals surface area contributed by atoms with Gasteiger partial charge in [-0.25, -0.2) is 0 Å². The molecule has 2 N–H and O–H groups in total. The molecule has 0 bridgehead atoms. The molecular weight excluding hydrogens is 300 g/mol. The lowest BCUT2D eigenvalue weighted by Gasteiger charge is -2.22. The van der Waals surface area contributed by atoms with Gasteiger partial charge in [-0.3, -0.25) is 19.6 Å². The van der Waals surface area contributed by atoms with E-state index in [-0.39, 0.29) is 17.8 Å². The van der Waals surface area contributed by atoms with Crippen molar-refractivity contribution in [3.8, 4) is 0 Å². The number of hydrogen-bond donors (Lipinski definition) is 2. The minimum atomic E-state index is -1.29. The predicted octanol–water partition coefficient (Wildman–Crippen LogP) is 1.27. The fraction of sp³-hybridized carbons (Fsp3) is 0.333. The van der Waals surface area contributed by atoms with Crippen molar-refractivity contribution in [1.29, 1.82) is 0 Å². The second-order valence-electron chi connectivity index (χ2n) is 5.62. The van der Waals surface area contributed by atoms with Gasteiger partial charge in [0.2, 0.25) is 0 Å². The molecule has 0 radical (unpaired) electrons. The third kappa shape index (κ3) is 3.72. The number of hydrogen-bond acceptors (Lipinski definition) is 5. The Kier molecular flexibility index (Phi) is 4.46. The van der Waals surface area contributed by atoms with Gasteiger partial charge in [-0.1, -0.05) is 6.07 Å². The van der Waals surface area contributed by atoms with Gasteiger partial charge in [-0.05, 0) is 19.4 Å². The summed E-state index contributed by atoms with van der Waals surface area (Å²) >= 11 is 0. The molecule has 1 heterocycles. The number of non-ortho nitro benzene ring substituents is 1. The van der Waals surface area contributed by atoms with E-state index in [9.17, 15) is 20.0 Å². The van der Waals surface area contributed by atoms with Crippen LogP contribution in [0.3, 0.4) is 0 Å². The molecular formula is C15H18N4O4. The average molecular weight is 318 g/mol. The predicted molar refractivity (Wildman–Crippen MR) is 82.9 cm³/mol. The Bertz CT molecular complexity index is 752. The maximum Gasteiger partial charge on any atom is 0.270 e. The van der Waals surface area contributed by atoms with Crippen LogP contribution in [-0.4, -0.2) is 32.3 Å². The van der Waals surface area contributed by atoms with E-state index in [4.69, 9.17) is 0 Å². The molecule has 0 saturated carbocycles. The van der Waals surface area contributed by atoms with E-state index in [1.54, 1.807) is 31.8 Å².